The Morgan fingerprint density at radius 3 is 2.14 bits per heavy atom. The van der Waals surface area contributed by atoms with Crippen LogP contribution in [0.1, 0.15) is 10.4 Å². The zero-order chi connectivity index (χ0) is 10.8. The molecule has 1 rings (SSSR count). The lowest BCUT2D eigenvalue weighted by atomic mass is 10.2. The topological polar surface area (TPSA) is 66.7 Å². The number of hydrogen-bond acceptors (Lipinski definition) is 3. The summed E-state index contributed by atoms with van der Waals surface area (Å²) in [5.74, 6) is -0.981. The van der Waals surface area contributed by atoms with Gasteiger partial charge in [-0.3, -0.25) is 0 Å². The summed E-state index contributed by atoms with van der Waals surface area (Å²) in [7, 11) is -2.18. The van der Waals surface area contributed by atoms with Crippen molar-refractivity contribution in [3.05, 3.63) is 29.8 Å². The van der Waals surface area contributed by atoms with Crippen molar-refractivity contribution in [3.8, 4) is 0 Å². The molecule has 0 radical (unpaired) electrons. The lowest BCUT2D eigenvalue weighted by Crippen LogP contribution is -1.94. The van der Waals surface area contributed by atoms with E-state index >= 15 is 0 Å². The van der Waals surface area contributed by atoms with E-state index in [0.29, 0.717) is 5.69 Å². The van der Waals surface area contributed by atoms with Gasteiger partial charge in [0.1, 0.15) is 0 Å². The zero-order valence-electron chi connectivity index (χ0n) is 7.93. The first-order valence-corrected chi connectivity index (χ1v) is 6.22. The molecule has 0 aromatic heterocycles. The van der Waals surface area contributed by atoms with E-state index in [0.717, 1.165) is 0 Å². The second-order valence-electron chi connectivity index (χ2n) is 3.12. The maximum Gasteiger partial charge on any atom is 0.335 e. The average Bonchev–Trinajstić information content (AvgIpc) is 2.02. The molecular formula is C9H11NO3S. The fraction of sp³-hybridized carbons (Fsp3) is 0.222. The first-order valence-electron chi connectivity index (χ1n) is 3.89. The molecule has 1 N–H and O–H groups in total. The van der Waals surface area contributed by atoms with Gasteiger partial charge in [0.2, 0.25) is 0 Å². The fourth-order valence-corrected chi connectivity index (χ4v) is 1.55. The summed E-state index contributed by atoms with van der Waals surface area (Å²) in [5.41, 5.74) is 0.729. The summed E-state index contributed by atoms with van der Waals surface area (Å²) in [6, 6.07) is 5.95. The van der Waals surface area contributed by atoms with Crippen LogP contribution in [0.5, 0.6) is 0 Å². The molecule has 0 unspecified atom stereocenters. The highest BCUT2D eigenvalue weighted by molar-refractivity contribution is 7.92. The van der Waals surface area contributed by atoms with Crippen molar-refractivity contribution >= 4 is 21.4 Å². The first-order chi connectivity index (χ1) is 6.38. The molecule has 0 saturated heterocycles. The molecule has 0 bridgehead atoms. The van der Waals surface area contributed by atoms with Crippen LogP contribution in [0, 0.1) is 0 Å². The van der Waals surface area contributed by atoms with Crippen LogP contribution in [-0.2, 0) is 9.73 Å². The molecule has 0 fully saturated rings. The molecule has 0 aliphatic heterocycles. The van der Waals surface area contributed by atoms with Gasteiger partial charge in [-0.25, -0.2) is 9.00 Å². The fourth-order valence-electron chi connectivity index (χ4n) is 0.919. The highest BCUT2D eigenvalue weighted by atomic mass is 32.2. The van der Waals surface area contributed by atoms with Gasteiger partial charge in [0.05, 0.1) is 11.3 Å². The minimum absolute atomic E-state index is 0.197. The van der Waals surface area contributed by atoms with Gasteiger partial charge in [-0.05, 0) is 24.3 Å². The Morgan fingerprint density at radius 1 is 1.29 bits per heavy atom. The summed E-state index contributed by atoms with van der Waals surface area (Å²) >= 11 is 0. The van der Waals surface area contributed by atoms with Crippen LogP contribution < -0.4 is 0 Å². The van der Waals surface area contributed by atoms with Crippen LogP contribution in [0.25, 0.3) is 0 Å². The molecule has 0 atom stereocenters. The zero-order valence-corrected chi connectivity index (χ0v) is 8.75. The Bertz CT molecular complexity index is 447. The van der Waals surface area contributed by atoms with Crippen molar-refractivity contribution in [3.63, 3.8) is 0 Å². The lowest BCUT2D eigenvalue weighted by molar-refractivity contribution is 0.0697. The Morgan fingerprint density at radius 2 is 1.79 bits per heavy atom. The van der Waals surface area contributed by atoms with Gasteiger partial charge >= 0.3 is 5.97 Å². The number of nitrogens with zero attached hydrogens (tertiary/aromatic N) is 1. The molecule has 5 heteroatoms. The minimum atomic E-state index is -2.18. The average molecular weight is 213 g/mol. The van der Waals surface area contributed by atoms with Gasteiger partial charge in [-0.1, -0.05) is 0 Å². The van der Waals surface area contributed by atoms with E-state index in [-0.39, 0.29) is 5.56 Å². The molecule has 0 spiro atoms. The molecule has 0 aliphatic carbocycles. The van der Waals surface area contributed by atoms with Crippen molar-refractivity contribution in [2.75, 3.05) is 12.5 Å². The Labute approximate surface area is 82.8 Å². The van der Waals surface area contributed by atoms with Gasteiger partial charge in [-0.2, -0.15) is 4.36 Å². The normalized spacial score (nSPS) is 11.0. The van der Waals surface area contributed by atoms with Crippen molar-refractivity contribution in [2.45, 2.75) is 0 Å². The molecule has 0 saturated carbocycles. The van der Waals surface area contributed by atoms with Crippen molar-refractivity contribution in [1.82, 2.24) is 0 Å². The van der Waals surface area contributed by atoms with Gasteiger partial charge < -0.3 is 5.11 Å². The highest BCUT2D eigenvalue weighted by Gasteiger charge is 2.01. The van der Waals surface area contributed by atoms with E-state index in [1.54, 1.807) is 0 Å². The summed E-state index contributed by atoms with van der Waals surface area (Å²) in [5, 5.41) is 8.62. The third kappa shape index (κ3) is 3.18. The van der Waals surface area contributed by atoms with Gasteiger partial charge in [0.25, 0.3) is 0 Å². The number of carboxylic acids is 1. The monoisotopic (exact) mass is 213 g/mol. The molecule has 76 valence electrons. The van der Waals surface area contributed by atoms with Crippen LogP contribution in [0.2, 0.25) is 0 Å². The maximum atomic E-state index is 11.3. The third-order valence-electron chi connectivity index (χ3n) is 1.44. The second kappa shape index (κ2) is 3.79. The largest absolute Gasteiger partial charge is 0.478 e. The summed E-state index contributed by atoms with van der Waals surface area (Å²) in [6.07, 6.45) is 3.05. The van der Waals surface area contributed by atoms with Crippen LogP contribution in [-0.4, -0.2) is 27.8 Å². The second-order valence-corrected chi connectivity index (χ2v) is 5.67. The number of carboxylic acid groups (broad SMARTS) is 1. The minimum Gasteiger partial charge on any atom is -0.478 e. The number of aromatic carboxylic acids is 1. The molecule has 1 aromatic rings. The van der Waals surface area contributed by atoms with Crippen LogP contribution in [0.15, 0.2) is 28.6 Å². The molecule has 14 heavy (non-hydrogen) atoms. The number of rotatable bonds is 2. The Hall–Kier alpha value is -1.36. The van der Waals surface area contributed by atoms with E-state index in [2.05, 4.69) is 4.36 Å². The molecule has 0 aliphatic rings. The standard InChI is InChI=1S/C9H11NO3S/c1-14(2,13)10-8-5-3-7(4-6-8)9(11)12/h3-6H,1-2H3,(H,11,12). The number of benzene rings is 1. The van der Waals surface area contributed by atoms with Crippen LogP contribution in [0.3, 0.4) is 0 Å². The molecule has 1 aromatic carbocycles. The molecule has 0 amide bonds. The smallest absolute Gasteiger partial charge is 0.335 e. The first kappa shape index (κ1) is 10.7. The maximum absolute atomic E-state index is 11.3. The Balaban J connectivity index is 3.07. The number of carbonyl (C=O) groups is 1. The van der Waals surface area contributed by atoms with Gasteiger partial charge in [0, 0.05) is 22.2 Å². The molecule has 0 heterocycles. The van der Waals surface area contributed by atoms with Crippen LogP contribution in [0.4, 0.5) is 5.69 Å². The number of hydrogen-bond donors (Lipinski definition) is 1. The van der Waals surface area contributed by atoms with Crippen molar-refractivity contribution in [2.24, 2.45) is 4.36 Å². The van der Waals surface area contributed by atoms with E-state index in [1.165, 1.54) is 36.8 Å². The predicted octanol–water partition coefficient (Wildman–Crippen LogP) is 1.74. The highest BCUT2D eigenvalue weighted by Crippen LogP contribution is 2.14. The van der Waals surface area contributed by atoms with Gasteiger partial charge in [0.15, 0.2) is 0 Å². The van der Waals surface area contributed by atoms with Crippen LogP contribution >= 0.6 is 0 Å². The quantitative estimate of drug-likeness (QED) is 0.813. The van der Waals surface area contributed by atoms with Gasteiger partial charge in [-0.15, -0.1) is 0 Å². The van der Waals surface area contributed by atoms with Crippen molar-refractivity contribution < 1.29 is 14.1 Å². The lowest BCUT2D eigenvalue weighted by Gasteiger charge is -1.97. The van der Waals surface area contributed by atoms with E-state index < -0.39 is 15.7 Å². The molecule has 4 nitrogen and oxygen atoms in total. The van der Waals surface area contributed by atoms with E-state index in [9.17, 15) is 9.00 Å². The van der Waals surface area contributed by atoms with E-state index in [4.69, 9.17) is 5.11 Å². The molecular weight excluding hydrogens is 202 g/mol. The third-order valence-corrected chi connectivity index (χ3v) is 2.09. The SMILES string of the molecule is CS(C)(=O)=Nc1ccc(C(=O)O)cc1. The summed E-state index contributed by atoms with van der Waals surface area (Å²) in [4.78, 5) is 10.5. The summed E-state index contributed by atoms with van der Waals surface area (Å²) < 4.78 is 15.2. The van der Waals surface area contributed by atoms with Crippen molar-refractivity contribution in [1.29, 1.82) is 0 Å². The predicted molar refractivity (Wildman–Crippen MR) is 55.5 cm³/mol. The van der Waals surface area contributed by atoms with E-state index in [1.807, 2.05) is 0 Å². The Kier molecular flexibility index (Phi) is 2.90. The summed E-state index contributed by atoms with van der Waals surface area (Å²) in [6.45, 7) is 0.